The molecule has 0 saturated carbocycles. The van der Waals surface area contributed by atoms with Gasteiger partial charge in [0.05, 0.1) is 11.6 Å². The summed E-state index contributed by atoms with van der Waals surface area (Å²) in [6.45, 7) is 5.08. The number of thioether (sulfide) groups is 1. The lowest BCUT2D eigenvalue weighted by atomic mass is 10.1. The van der Waals surface area contributed by atoms with Crippen molar-refractivity contribution in [3.8, 4) is 5.75 Å². The highest BCUT2D eigenvalue weighted by atomic mass is 32.2. The van der Waals surface area contributed by atoms with Crippen LogP contribution in [0.5, 0.6) is 5.75 Å². The second-order valence-corrected chi connectivity index (χ2v) is 5.00. The lowest BCUT2D eigenvalue weighted by molar-refractivity contribution is 0.475. The Balaban J connectivity index is 2.33. The lowest BCUT2D eigenvalue weighted by Gasteiger charge is -2.05. The predicted octanol–water partition coefficient (Wildman–Crippen LogP) is 2.58. The molecular formula is C11H13NOS. The first kappa shape index (κ1) is 9.59. The smallest absolute Gasteiger partial charge is 0.115 e. The zero-order valence-electron chi connectivity index (χ0n) is 8.32. The van der Waals surface area contributed by atoms with Gasteiger partial charge in [0.15, 0.2) is 0 Å². The van der Waals surface area contributed by atoms with Crippen LogP contribution in [0.1, 0.15) is 18.1 Å². The van der Waals surface area contributed by atoms with Crippen LogP contribution in [0.2, 0.25) is 0 Å². The first-order chi connectivity index (χ1) is 6.66. The summed E-state index contributed by atoms with van der Waals surface area (Å²) in [5.74, 6) is 0.322. The van der Waals surface area contributed by atoms with Gasteiger partial charge in [-0.2, -0.15) is 0 Å². The van der Waals surface area contributed by atoms with Crippen LogP contribution in [0.4, 0.5) is 0 Å². The SMILES string of the molecule is Cc1cc(O)ccc1C1=NC[C@@H](C)S1. The Labute approximate surface area is 88.1 Å². The molecule has 0 unspecified atom stereocenters. The van der Waals surface area contributed by atoms with Gasteiger partial charge in [0.25, 0.3) is 0 Å². The van der Waals surface area contributed by atoms with Crippen LogP contribution in [0.15, 0.2) is 23.2 Å². The maximum absolute atomic E-state index is 9.29. The zero-order chi connectivity index (χ0) is 10.1. The Bertz CT molecular complexity index is 387. The highest BCUT2D eigenvalue weighted by Crippen LogP contribution is 2.28. The standard InChI is InChI=1S/C11H13NOS/c1-7-5-9(13)3-4-10(7)11-12-6-8(2)14-11/h3-5,8,13H,6H2,1-2H3/t8-/m1/s1. The summed E-state index contributed by atoms with van der Waals surface area (Å²) in [4.78, 5) is 4.48. The van der Waals surface area contributed by atoms with E-state index in [0.29, 0.717) is 11.0 Å². The second kappa shape index (κ2) is 3.65. The molecule has 0 fully saturated rings. The van der Waals surface area contributed by atoms with E-state index in [2.05, 4.69) is 11.9 Å². The van der Waals surface area contributed by atoms with Crippen molar-refractivity contribution in [3.05, 3.63) is 29.3 Å². The van der Waals surface area contributed by atoms with Crippen molar-refractivity contribution in [2.75, 3.05) is 6.54 Å². The molecule has 0 bridgehead atoms. The molecule has 0 aromatic heterocycles. The minimum Gasteiger partial charge on any atom is -0.508 e. The van der Waals surface area contributed by atoms with Gasteiger partial charge in [-0.25, -0.2) is 0 Å². The fraction of sp³-hybridized carbons (Fsp3) is 0.364. The molecule has 1 aromatic rings. The average molecular weight is 207 g/mol. The minimum atomic E-state index is 0.322. The molecule has 2 rings (SSSR count). The third-order valence-corrected chi connectivity index (χ3v) is 3.37. The van der Waals surface area contributed by atoms with Gasteiger partial charge in [-0.15, -0.1) is 11.8 Å². The third-order valence-electron chi connectivity index (χ3n) is 2.25. The van der Waals surface area contributed by atoms with Gasteiger partial charge in [0.2, 0.25) is 0 Å². The van der Waals surface area contributed by atoms with E-state index in [1.807, 2.05) is 24.8 Å². The van der Waals surface area contributed by atoms with Crippen molar-refractivity contribution in [2.24, 2.45) is 4.99 Å². The zero-order valence-corrected chi connectivity index (χ0v) is 9.14. The molecule has 1 aromatic carbocycles. The topological polar surface area (TPSA) is 32.6 Å². The van der Waals surface area contributed by atoms with Crippen LogP contribution in [-0.2, 0) is 0 Å². The summed E-state index contributed by atoms with van der Waals surface area (Å²) in [5, 5.41) is 11.0. The van der Waals surface area contributed by atoms with Gasteiger partial charge in [0.1, 0.15) is 5.75 Å². The number of nitrogens with zero attached hydrogens (tertiary/aromatic N) is 1. The number of aliphatic imine (C=N–C) groups is 1. The molecule has 2 nitrogen and oxygen atoms in total. The van der Waals surface area contributed by atoms with Gasteiger partial charge in [-0.05, 0) is 30.7 Å². The molecule has 14 heavy (non-hydrogen) atoms. The van der Waals surface area contributed by atoms with Crippen molar-refractivity contribution >= 4 is 16.8 Å². The summed E-state index contributed by atoms with van der Waals surface area (Å²) in [7, 11) is 0. The molecule has 1 heterocycles. The van der Waals surface area contributed by atoms with Crippen molar-refractivity contribution in [3.63, 3.8) is 0 Å². The van der Waals surface area contributed by atoms with Gasteiger partial charge in [-0.3, -0.25) is 4.99 Å². The highest BCUT2D eigenvalue weighted by Gasteiger charge is 2.17. The quantitative estimate of drug-likeness (QED) is 0.767. The van der Waals surface area contributed by atoms with Crippen LogP contribution in [0.3, 0.4) is 0 Å². The Morgan fingerprint density at radius 2 is 2.29 bits per heavy atom. The molecule has 0 saturated heterocycles. The number of aromatic hydroxyl groups is 1. The molecule has 1 atom stereocenters. The normalized spacial score (nSPS) is 21.0. The number of benzene rings is 1. The summed E-state index contributed by atoms with van der Waals surface area (Å²) in [5.41, 5.74) is 2.24. The number of rotatable bonds is 1. The molecule has 74 valence electrons. The molecule has 1 N–H and O–H groups in total. The summed E-state index contributed by atoms with van der Waals surface area (Å²) in [6, 6.07) is 5.43. The Kier molecular flexibility index (Phi) is 2.50. The first-order valence-corrected chi connectivity index (χ1v) is 5.56. The number of phenols is 1. The third kappa shape index (κ3) is 1.77. The molecule has 0 radical (unpaired) electrons. The van der Waals surface area contributed by atoms with E-state index in [-0.39, 0.29) is 0 Å². The van der Waals surface area contributed by atoms with E-state index in [0.717, 1.165) is 22.7 Å². The monoisotopic (exact) mass is 207 g/mol. The van der Waals surface area contributed by atoms with E-state index in [1.54, 1.807) is 12.1 Å². The fourth-order valence-electron chi connectivity index (χ4n) is 1.51. The van der Waals surface area contributed by atoms with Crippen LogP contribution >= 0.6 is 11.8 Å². The molecule has 1 aliphatic heterocycles. The average Bonchev–Trinajstić information content (AvgIpc) is 2.51. The molecule has 1 aliphatic rings. The Morgan fingerprint density at radius 1 is 1.50 bits per heavy atom. The van der Waals surface area contributed by atoms with Crippen molar-refractivity contribution < 1.29 is 5.11 Å². The highest BCUT2D eigenvalue weighted by molar-refractivity contribution is 8.15. The second-order valence-electron chi connectivity index (χ2n) is 3.57. The van der Waals surface area contributed by atoms with E-state index in [1.165, 1.54) is 0 Å². The largest absolute Gasteiger partial charge is 0.508 e. The van der Waals surface area contributed by atoms with Crippen molar-refractivity contribution in [1.29, 1.82) is 0 Å². The first-order valence-electron chi connectivity index (χ1n) is 4.68. The number of phenolic OH excluding ortho intramolecular Hbond substituents is 1. The maximum Gasteiger partial charge on any atom is 0.115 e. The van der Waals surface area contributed by atoms with Crippen molar-refractivity contribution in [1.82, 2.24) is 0 Å². The summed E-state index contributed by atoms with van der Waals surface area (Å²) in [6.07, 6.45) is 0. The maximum atomic E-state index is 9.29. The van der Waals surface area contributed by atoms with Crippen LogP contribution in [0, 0.1) is 6.92 Å². The van der Waals surface area contributed by atoms with Gasteiger partial charge in [-0.1, -0.05) is 6.92 Å². The molecule has 0 spiro atoms. The van der Waals surface area contributed by atoms with Crippen LogP contribution < -0.4 is 0 Å². The number of hydrogen-bond acceptors (Lipinski definition) is 3. The molecule has 0 aliphatic carbocycles. The molecule has 0 amide bonds. The minimum absolute atomic E-state index is 0.322. The van der Waals surface area contributed by atoms with E-state index in [9.17, 15) is 5.11 Å². The van der Waals surface area contributed by atoms with Crippen molar-refractivity contribution in [2.45, 2.75) is 19.1 Å². The van der Waals surface area contributed by atoms with Gasteiger partial charge in [0, 0.05) is 10.8 Å². The Morgan fingerprint density at radius 3 is 2.86 bits per heavy atom. The number of aryl methyl sites for hydroxylation is 1. The predicted molar refractivity (Wildman–Crippen MR) is 61.3 cm³/mol. The fourth-order valence-corrected chi connectivity index (χ4v) is 2.55. The summed E-state index contributed by atoms with van der Waals surface area (Å²) < 4.78 is 0. The van der Waals surface area contributed by atoms with Gasteiger partial charge >= 0.3 is 0 Å². The van der Waals surface area contributed by atoms with Gasteiger partial charge < -0.3 is 5.11 Å². The van der Waals surface area contributed by atoms with E-state index in [4.69, 9.17) is 0 Å². The van der Waals surface area contributed by atoms with E-state index >= 15 is 0 Å². The summed E-state index contributed by atoms with van der Waals surface area (Å²) >= 11 is 1.81. The Hall–Kier alpha value is -0.960. The molecule has 3 heteroatoms. The molecular weight excluding hydrogens is 194 g/mol. The lowest BCUT2D eigenvalue weighted by Crippen LogP contribution is -1.97. The van der Waals surface area contributed by atoms with E-state index < -0.39 is 0 Å². The number of hydrogen-bond donors (Lipinski definition) is 1. The van der Waals surface area contributed by atoms with Crippen LogP contribution in [0.25, 0.3) is 0 Å². The van der Waals surface area contributed by atoms with Crippen LogP contribution in [-0.4, -0.2) is 21.9 Å².